The van der Waals surface area contributed by atoms with E-state index < -0.39 is 6.10 Å². The minimum Gasteiger partial charge on any atom is -0.366 e. The van der Waals surface area contributed by atoms with Gasteiger partial charge in [-0.1, -0.05) is 25.7 Å². The Kier molecular flexibility index (Phi) is 6.67. The number of ether oxygens (including phenoxy) is 1. The van der Waals surface area contributed by atoms with Gasteiger partial charge in [0.2, 0.25) is 0 Å². The standard InChI is InChI=1S/C15H24N4O2.ClH/c20-15(13-10-16-7-8-21-13)17-14-9-12(18-19-14)11-5-3-1-2-4-6-11;/h9,11,13,16H,1-8,10H2,(H2,17,18,19,20);1H/t13-;/m1./s1. The van der Waals surface area contributed by atoms with E-state index in [1.165, 1.54) is 38.5 Å². The number of nitrogens with one attached hydrogen (secondary N) is 3. The van der Waals surface area contributed by atoms with Crippen LogP contribution in [0.15, 0.2) is 6.07 Å². The fourth-order valence-corrected chi connectivity index (χ4v) is 3.14. The molecule has 0 unspecified atom stereocenters. The van der Waals surface area contributed by atoms with Crippen LogP contribution in [0, 0.1) is 0 Å². The molecule has 0 aromatic carbocycles. The number of aromatic nitrogens is 2. The maximum absolute atomic E-state index is 12.1. The summed E-state index contributed by atoms with van der Waals surface area (Å²) < 4.78 is 5.44. The van der Waals surface area contributed by atoms with Crippen molar-refractivity contribution in [2.24, 2.45) is 0 Å². The lowest BCUT2D eigenvalue weighted by Crippen LogP contribution is -2.45. The van der Waals surface area contributed by atoms with Crippen molar-refractivity contribution in [2.45, 2.75) is 50.5 Å². The number of rotatable bonds is 3. The third-order valence-corrected chi connectivity index (χ3v) is 4.36. The topological polar surface area (TPSA) is 79.0 Å². The highest BCUT2D eigenvalue weighted by Crippen LogP contribution is 2.31. The van der Waals surface area contributed by atoms with Crippen molar-refractivity contribution in [3.63, 3.8) is 0 Å². The third kappa shape index (κ3) is 4.44. The van der Waals surface area contributed by atoms with Gasteiger partial charge < -0.3 is 15.4 Å². The molecular formula is C15H25ClN4O2. The van der Waals surface area contributed by atoms with Crippen LogP contribution in [-0.4, -0.2) is 41.9 Å². The summed E-state index contributed by atoms with van der Waals surface area (Å²) in [4.78, 5) is 12.1. The van der Waals surface area contributed by atoms with Crippen LogP contribution in [0.5, 0.6) is 0 Å². The highest BCUT2D eigenvalue weighted by Gasteiger charge is 2.23. The van der Waals surface area contributed by atoms with Gasteiger partial charge in [-0.3, -0.25) is 9.89 Å². The van der Waals surface area contributed by atoms with E-state index in [0.29, 0.717) is 24.9 Å². The van der Waals surface area contributed by atoms with Crippen LogP contribution in [0.4, 0.5) is 5.82 Å². The van der Waals surface area contributed by atoms with Crippen LogP contribution < -0.4 is 10.6 Å². The molecule has 2 fully saturated rings. The average Bonchev–Trinajstić information content (AvgIpc) is 2.81. The molecule has 6 nitrogen and oxygen atoms in total. The van der Waals surface area contributed by atoms with Gasteiger partial charge in [0.15, 0.2) is 5.82 Å². The second kappa shape index (κ2) is 8.50. The van der Waals surface area contributed by atoms with Crippen molar-refractivity contribution in [1.29, 1.82) is 0 Å². The molecule has 1 saturated heterocycles. The summed E-state index contributed by atoms with van der Waals surface area (Å²) >= 11 is 0. The van der Waals surface area contributed by atoms with Crippen molar-refractivity contribution < 1.29 is 9.53 Å². The largest absolute Gasteiger partial charge is 0.366 e. The van der Waals surface area contributed by atoms with Crippen molar-refractivity contribution in [3.8, 4) is 0 Å². The van der Waals surface area contributed by atoms with Gasteiger partial charge in [0.25, 0.3) is 5.91 Å². The van der Waals surface area contributed by atoms with E-state index in [0.717, 1.165) is 12.2 Å². The molecule has 1 aliphatic heterocycles. The molecule has 1 aromatic heterocycles. The van der Waals surface area contributed by atoms with Gasteiger partial charge >= 0.3 is 0 Å². The number of amides is 1. The predicted octanol–water partition coefficient (Wildman–Crippen LogP) is 2.20. The Morgan fingerprint density at radius 1 is 1.27 bits per heavy atom. The van der Waals surface area contributed by atoms with Gasteiger partial charge in [-0.2, -0.15) is 5.10 Å². The number of anilines is 1. The molecule has 3 N–H and O–H groups in total. The summed E-state index contributed by atoms with van der Waals surface area (Å²) in [6, 6.07) is 1.98. The van der Waals surface area contributed by atoms with Gasteiger partial charge in [-0.25, -0.2) is 0 Å². The Morgan fingerprint density at radius 2 is 2.05 bits per heavy atom. The first-order chi connectivity index (χ1) is 10.3. The number of nitrogens with zero attached hydrogens (tertiary/aromatic N) is 1. The van der Waals surface area contributed by atoms with E-state index >= 15 is 0 Å². The second-order valence-corrected chi connectivity index (χ2v) is 5.95. The highest BCUT2D eigenvalue weighted by atomic mass is 35.5. The second-order valence-electron chi connectivity index (χ2n) is 5.95. The van der Waals surface area contributed by atoms with Gasteiger partial charge in [-0.15, -0.1) is 12.4 Å². The summed E-state index contributed by atoms with van der Waals surface area (Å²) in [5.41, 5.74) is 1.15. The van der Waals surface area contributed by atoms with Gasteiger partial charge in [0.05, 0.1) is 6.61 Å². The zero-order chi connectivity index (χ0) is 14.5. The summed E-state index contributed by atoms with van der Waals surface area (Å²) in [6.45, 7) is 1.94. The van der Waals surface area contributed by atoms with Gasteiger partial charge in [-0.05, 0) is 12.8 Å². The van der Waals surface area contributed by atoms with E-state index in [9.17, 15) is 4.79 Å². The minimum atomic E-state index is -0.420. The number of carbonyl (C=O) groups is 1. The molecule has 1 atom stereocenters. The third-order valence-electron chi connectivity index (χ3n) is 4.36. The molecule has 2 heterocycles. The number of carbonyl (C=O) groups excluding carboxylic acids is 1. The van der Waals surface area contributed by atoms with Crippen molar-refractivity contribution >= 4 is 24.1 Å². The quantitative estimate of drug-likeness (QED) is 0.743. The number of hydrogen-bond acceptors (Lipinski definition) is 4. The Labute approximate surface area is 137 Å². The van der Waals surface area contributed by atoms with Crippen LogP contribution >= 0.6 is 12.4 Å². The van der Waals surface area contributed by atoms with Crippen molar-refractivity contribution in [3.05, 3.63) is 11.8 Å². The summed E-state index contributed by atoms with van der Waals surface area (Å²) in [5, 5.41) is 13.3. The first-order valence-corrected chi connectivity index (χ1v) is 8.01. The Bertz CT molecular complexity index is 466. The zero-order valence-corrected chi connectivity index (χ0v) is 13.6. The van der Waals surface area contributed by atoms with Crippen molar-refractivity contribution in [1.82, 2.24) is 15.5 Å². The zero-order valence-electron chi connectivity index (χ0n) is 12.8. The molecule has 1 amide bonds. The Balaban J connectivity index is 0.00000176. The van der Waals surface area contributed by atoms with Gasteiger partial charge in [0, 0.05) is 30.8 Å². The lowest BCUT2D eigenvalue weighted by molar-refractivity contribution is -0.128. The Morgan fingerprint density at radius 3 is 2.73 bits per heavy atom. The summed E-state index contributed by atoms with van der Waals surface area (Å²) in [5.74, 6) is 1.03. The van der Waals surface area contributed by atoms with E-state index in [1.807, 2.05) is 6.07 Å². The van der Waals surface area contributed by atoms with Crippen LogP contribution in [0.25, 0.3) is 0 Å². The molecule has 22 heavy (non-hydrogen) atoms. The molecule has 0 radical (unpaired) electrons. The van der Waals surface area contributed by atoms with Crippen LogP contribution in [0.3, 0.4) is 0 Å². The van der Waals surface area contributed by atoms with Crippen molar-refractivity contribution in [2.75, 3.05) is 25.0 Å². The molecule has 3 rings (SSSR count). The smallest absolute Gasteiger partial charge is 0.256 e. The Hall–Kier alpha value is -1.11. The molecule has 124 valence electrons. The fourth-order valence-electron chi connectivity index (χ4n) is 3.14. The number of morpholine rings is 1. The lowest BCUT2D eigenvalue weighted by Gasteiger charge is -2.22. The molecule has 1 aromatic rings. The number of halogens is 1. The van der Waals surface area contributed by atoms with Crippen LogP contribution in [-0.2, 0) is 9.53 Å². The normalized spacial score (nSPS) is 23.4. The monoisotopic (exact) mass is 328 g/mol. The lowest BCUT2D eigenvalue weighted by atomic mass is 9.97. The maximum Gasteiger partial charge on any atom is 0.256 e. The molecule has 1 saturated carbocycles. The number of aromatic amines is 1. The molecule has 0 bridgehead atoms. The minimum absolute atomic E-state index is 0. The van der Waals surface area contributed by atoms with Crippen LogP contribution in [0.1, 0.15) is 50.1 Å². The maximum atomic E-state index is 12.1. The fraction of sp³-hybridized carbons (Fsp3) is 0.733. The first kappa shape index (κ1) is 17.2. The van der Waals surface area contributed by atoms with Gasteiger partial charge in [0.1, 0.15) is 6.10 Å². The molecule has 2 aliphatic rings. The first-order valence-electron chi connectivity index (χ1n) is 8.01. The highest BCUT2D eigenvalue weighted by molar-refractivity contribution is 5.93. The number of hydrogen-bond donors (Lipinski definition) is 3. The SMILES string of the molecule is Cl.O=C(Nc1cc(C2CCCCCC2)[nH]n1)[C@H]1CNCCO1. The van der Waals surface area contributed by atoms with Crippen LogP contribution in [0.2, 0.25) is 0 Å². The molecular weight excluding hydrogens is 304 g/mol. The summed E-state index contributed by atoms with van der Waals surface area (Å²) in [6.07, 6.45) is 7.24. The molecule has 0 spiro atoms. The predicted molar refractivity (Wildman–Crippen MR) is 87.5 cm³/mol. The van der Waals surface area contributed by atoms with E-state index in [4.69, 9.17) is 4.74 Å². The number of H-pyrrole nitrogens is 1. The van der Waals surface area contributed by atoms with E-state index in [-0.39, 0.29) is 18.3 Å². The van der Waals surface area contributed by atoms with E-state index in [2.05, 4.69) is 20.8 Å². The molecule has 1 aliphatic carbocycles. The van der Waals surface area contributed by atoms with E-state index in [1.54, 1.807) is 0 Å². The average molecular weight is 329 g/mol. The molecule has 7 heteroatoms. The summed E-state index contributed by atoms with van der Waals surface area (Å²) in [7, 11) is 0.